The Labute approximate surface area is 118 Å². The van der Waals surface area contributed by atoms with Crippen molar-refractivity contribution in [3.63, 3.8) is 0 Å². The van der Waals surface area contributed by atoms with E-state index in [0.717, 1.165) is 5.56 Å². The van der Waals surface area contributed by atoms with Crippen molar-refractivity contribution in [1.29, 1.82) is 0 Å². The number of nitrogens with one attached hydrogen (secondary N) is 1. The molecule has 0 fully saturated rings. The van der Waals surface area contributed by atoms with Crippen LogP contribution in [-0.2, 0) is 17.9 Å². The molecule has 1 aromatic heterocycles. The molecule has 1 heterocycles. The lowest BCUT2D eigenvalue weighted by atomic mass is 10.2. The minimum absolute atomic E-state index is 0.0435. The number of benzene rings is 1. The van der Waals surface area contributed by atoms with E-state index >= 15 is 0 Å². The largest absolute Gasteiger partial charge is 0.350 e. The normalized spacial score (nSPS) is 10.2. The molecule has 2 rings (SSSR count). The molecule has 0 bridgehead atoms. The molecule has 0 spiro atoms. The van der Waals surface area contributed by atoms with E-state index in [9.17, 15) is 9.59 Å². The summed E-state index contributed by atoms with van der Waals surface area (Å²) in [6.45, 7) is 0.397. The van der Waals surface area contributed by atoms with Gasteiger partial charge in [-0.3, -0.25) is 14.2 Å². The molecule has 0 radical (unpaired) electrons. The first-order chi connectivity index (χ1) is 9.16. The number of halogens is 1. The van der Waals surface area contributed by atoms with Gasteiger partial charge in [-0.25, -0.2) is 4.98 Å². The molecule has 0 saturated carbocycles. The van der Waals surface area contributed by atoms with Crippen molar-refractivity contribution in [3.8, 4) is 0 Å². The second-order valence-corrected chi connectivity index (χ2v) is 4.79. The summed E-state index contributed by atoms with van der Waals surface area (Å²) in [5.41, 5.74) is 0.737. The van der Waals surface area contributed by atoms with Gasteiger partial charge in [-0.15, -0.1) is 0 Å². The van der Waals surface area contributed by atoms with Crippen molar-refractivity contribution in [2.75, 3.05) is 0 Å². The van der Waals surface area contributed by atoms with Crippen molar-refractivity contribution >= 4 is 21.8 Å². The van der Waals surface area contributed by atoms with E-state index in [1.54, 1.807) is 0 Å². The van der Waals surface area contributed by atoms with Crippen LogP contribution >= 0.6 is 15.9 Å². The number of amides is 1. The number of nitrogens with zero attached hydrogens (tertiary/aromatic N) is 2. The van der Waals surface area contributed by atoms with Crippen LogP contribution in [0.4, 0.5) is 0 Å². The van der Waals surface area contributed by atoms with Gasteiger partial charge >= 0.3 is 0 Å². The van der Waals surface area contributed by atoms with Gasteiger partial charge in [0.2, 0.25) is 5.91 Å². The number of hydrogen-bond acceptors (Lipinski definition) is 3. The lowest BCUT2D eigenvalue weighted by Crippen LogP contribution is -2.32. The molecule has 1 aromatic carbocycles. The van der Waals surface area contributed by atoms with E-state index in [2.05, 4.69) is 26.2 Å². The summed E-state index contributed by atoms with van der Waals surface area (Å²) in [6, 6.07) is 9.58. The Morgan fingerprint density at radius 1 is 1.32 bits per heavy atom. The van der Waals surface area contributed by atoms with E-state index in [4.69, 9.17) is 0 Å². The summed E-state index contributed by atoms with van der Waals surface area (Å²) >= 11 is 3.08. The van der Waals surface area contributed by atoms with Crippen LogP contribution in [0.1, 0.15) is 5.56 Å². The maximum Gasteiger partial charge on any atom is 0.268 e. The van der Waals surface area contributed by atoms with Gasteiger partial charge in [-0.05, 0) is 21.5 Å². The average molecular weight is 322 g/mol. The highest BCUT2D eigenvalue weighted by Crippen LogP contribution is 1.99. The zero-order chi connectivity index (χ0) is 13.7. The van der Waals surface area contributed by atoms with Crippen molar-refractivity contribution in [2.24, 2.45) is 0 Å². The zero-order valence-corrected chi connectivity index (χ0v) is 11.6. The number of carbonyl (C=O) groups is 1. The Bertz CT molecular complexity index is 625. The highest BCUT2D eigenvalue weighted by molar-refractivity contribution is 9.10. The van der Waals surface area contributed by atoms with Crippen LogP contribution < -0.4 is 10.9 Å². The van der Waals surface area contributed by atoms with Crippen LogP contribution in [0.3, 0.4) is 0 Å². The Morgan fingerprint density at radius 2 is 2.05 bits per heavy atom. The standard InChI is InChI=1S/C13H12BrN3O2/c14-11-7-15-9-17(13(11)19)8-12(18)16-6-10-4-2-1-3-5-10/h1-5,7,9H,6,8H2,(H,16,18). The minimum Gasteiger partial charge on any atom is -0.350 e. The molecule has 0 aliphatic heterocycles. The Morgan fingerprint density at radius 3 is 2.79 bits per heavy atom. The van der Waals surface area contributed by atoms with Crippen molar-refractivity contribution in [1.82, 2.24) is 14.9 Å². The third-order valence-corrected chi connectivity index (χ3v) is 3.05. The van der Waals surface area contributed by atoms with Crippen molar-refractivity contribution in [3.05, 3.63) is 63.2 Å². The monoisotopic (exact) mass is 321 g/mol. The topological polar surface area (TPSA) is 64.0 Å². The van der Waals surface area contributed by atoms with Crippen LogP contribution in [0, 0.1) is 0 Å². The van der Waals surface area contributed by atoms with Crippen LogP contribution in [0.25, 0.3) is 0 Å². The number of aromatic nitrogens is 2. The first-order valence-electron chi connectivity index (χ1n) is 5.67. The molecule has 1 N–H and O–H groups in total. The third-order valence-electron chi connectivity index (χ3n) is 2.51. The molecule has 5 nitrogen and oxygen atoms in total. The summed E-state index contributed by atoms with van der Waals surface area (Å²) in [5.74, 6) is -0.231. The summed E-state index contributed by atoms with van der Waals surface area (Å²) in [4.78, 5) is 27.3. The smallest absolute Gasteiger partial charge is 0.268 e. The third kappa shape index (κ3) is 3.75. The Hall–Kier alpha value is -1.95. The molecular formula is C13H12BrN3O2. The van der Waals surface area contributed by atoms with Crippen LogP contribution in [0.15, 0.2) is 52.1 Å². The summed E-state index contributed by atoms with van der Waals surface area (Å²) < 4.78 is 1.59. The quantitative estimate of drug-likeness (QED) is 0.923. The maximum atomic E-state index is 11.7. The summed E-state index contributed by atoms with van der Waals surface area (Å²) in [7, 11) is 0. The van der Waals surface area contributed by atoms with Gasteiger partial charge < -0.3 is 5.32 Å². The van der Waals surface area contributed by atoms with Gasteiger partial charge in [0.25, 0.3) is 5.56 Å². The van der Waals surface area contributed by atoms with Crippen LogP contribution in [0.2, 0.25) is 0 Å². The van der Waals surface area contributed by atoms with E-state index in [0.29, 0.717) is 11.0 Å². The second kappa shape index (κ2) is 6.29. The zero-order valence-electron chi connectivity index (χ0n) is 10.0. The minimum atomic E-state index is -0.273. The first-order valence-corrected chi connectivity index (χ1v) is 6.46. The second-order valence-electron chi connectivity index (χ2n) is 3.94. The molecule has 0 aliphatic rings. The van der Waals surface area contributed by atoms with Crippen molar-refractivity contribution in [2.45, 2.75) is 13.1 Å². The van der Waals surface area contributed by atoms with Gasteiger partial charge in [0.15, 0.2) is 0 Å². The number of carbonyl (C=O) groups excluding carboxylic acids is 1. The van der Waals surface area contributed by atoms with E-state index in [1.165, 1.54) is 17.1 Å². The SMILES string of the molecule is O=C(Cn1cncc(Br)c1=O)NCc1ccccc1. The van der Waals surface area contributed by atoms with Crippen LogP contribution in [-0.4, -0.2) is 15.5 Å². The Kier molecular flexibility index (Phi) is 4.46. The summed E-state index contributed by atoms with van der Waals surface area (Å²) in [6.07, 6.45) is 2.75. The first kappa shape index (κ1) is 13.5. The fraction of sp³-hybridized carbons (Fsp3) is 0.154. The fourth-order valence-corrected chi connectivity index (χ4v) is 1.89. The molecule has 0 saturated heterocycles. The average Bonchev–Trinajstić information content (AvgIpc) is 2.43. The fourth-order valence-electron chi connectivity index (χ4n) is 1.54. The maximum absolute atomic E-state index is 11.7. The van der Waals surface area contributed by atoms with E-state index in [1.807, 2.05) is 30.3 Å². The molecule has 1 amide bonds. The molecule has 0 aliphatic carbocycles. The van der Waals surface area contributed by atoms with Gasteiger partial charge in [0.1, 0.15) is 11.0 Å². The lowest BCUT2D eigenvalue weighted by molar-refractivity contribution is -0.121. The highest BCUT2D eigenvalue weighted by atomic mass is 79.9. The molecule has 19 heavy (non-hydrogen) atoms. The summed E-state index contributed by atoms with van der Waals surface area (Å²) in [5, 5.41) is 2.75. The highest BCUT2D eigenvalue weighted by Gasteiger charge is 2.06. The molecule has 0 atom stereocenters. The predicted octanol–water partition coefficient (Wildman–Crippen LogP) is 1.32. The van der Waals surface area contributed by atoms with Gasteiger partial charge in [-0.2, -0.15) is 0 Å². The number of rotatable bonds is 4. The van der Waals surface area contributed by atoms with Gasteiger partial charge in [0.05, 0.1) is 6.33 Å². The molecule has 6 heteroatoms. The van der Waals surface area contributed by atoms with E-state index in [-0.39, 0.29) is 18.0 Å². The van der Waals surface area contributed by atoms with Gasteiger partial charge in [0, 0.05) is 12.7 Å². The van der Waals surface area contributed by atoms with Gasteiger partial charge in [-0.1, -0.05) is 30.3 Å². The Balaban J connectivity index is 1.95. The predicted molar refractivity (Wildman–Crippen MR) is 74.5 cm³/mol. The van der Waals surface area contributed by atoms with Crippen molar-refractivity contribution < 1.29 is 4.79 Å². The van der Waals surface area contributed by atoms with E-state index < -0.39 is 0 Å². The molecule has 98 valence electrons. The van der Waals surface area contributed by atoms with Crippen LogP contribution in [0.5, 0.6) is 0 Å². The molecular weight excluding hydrogens is 310 g/mol. The molecule has 2 aromatic rings. The molecule has 0 unspecified atom stereocenters. The lowest BCUT2D eigenvalue weighted by Gasteiger charge is -2.07. The number of hydrogen-bond donors (Lipinski definition) is 1.